The van der Waals surface area contributed by atoms with Gasteiger partial charge in [-0.25, -0.2) is 9.97 Å². The van der Waals surface area contributed by atoms with Crippen LogP contribution < -0.4 is 21.1 Å². The number of anilines is 2. The third-order valence-corrected chi connectivity index (χ3v) is 6.13. The molecule has 6 nitrogen and oxygen atoms in total. The van der Waals surface area contributed by atoms with Gasteiger partial charge in [-0.2, -0.15) is 0 Å². The fraction of sp³-hybridized carbons (Fsp3) is 0.545. The molecule has 4 N–H and O–H groups in total. The quantitative estimate of drug-likeness (QED) is 0.848. The smallest absolute Gasteiger partial charge is 0.143 e. The van der Waals surface area contributed by atoms with Crippen LogP contribution in [-0.4, -0.2) is 36.2 Å². The molecule has 1 heterocycles. The molecular formula is C22H31N5O. The van der Waals surface area contributed by atoms with E-state index in [9.17, 15) is 0 Å². The first kappa shape index (κ1) is 19.0. The molecule has 1 aromatic carbocycles. The first-order valence-corrected chi connectivity index (χ1v) is 10.1. The third kappa shape index (κ3) is 3.20. The molecule has 0 aliphatic heterocycles. The number of nitrogens with zero attached hydrogens (tertiary/aromatic N) is 3. The van der Waals surface area contributed by atoms with Gasteiger partial charge >= 0.3 is 0 Å². The van der Waals surface area contributed by atoms with Crippen molar-refractivity contribution in [2.45, 2.75) is 63.5 Å². The molecule has 2 aliphatic rings. The lowest BCUT2D eigenvalue weighted by molar-refractivity contribution is 0.147. The standard InChI is InChI=1S/C22H31N5O/c1-22(2)11-16-15(19-18(22)21(24)26-12-25-19)9-10-17(20(16)27(3)4)28-14-7-5-13(23)6-8-14/h9-10,12-14H,5-8,11,23H2,1-4H3,(H2,24,25,26)/t13-,14-. The van der Waals surface area contributed by atoms with Crippen molar-refractivity contribution in [3.63, 3.8) is 0 Å². The predicted octanol–water partition coefficient (Wildman–Crippen LogP) is 3.27. The normalized spacial score (nSPS) is 22.9. The molecule has 0 unspecified atom stereocenters. The highest BCUT2D eigenvalue weighted by molar-refractivity contribution is 5.83. The monoisotopic (exact) mass is 381 g/mol. The lowest BCUT2D eigenvalue weighted by Gasteiger charge is -2.37. The van der Waals surface area contributed by atoms with E-state index in [0.717, 1.165) is 60.4 Å². The van der Waals surface area contributed by atoms with E-state index >= 15 is 0 Å². The molecule has 28 heavy (non-hydrogen) atoms. The van der Waals surface area contributed by atoms with E-state index in [1.54, 1.807) is 6.33 Å². The minimum Gasteiger partial charge on any atom is -0.488 e. The molecule has 6 heteroatoms. The van der Waals surface area contributed by atoms with Crippen LogP contribution in [0.3, 0.4) is 0 Å². The zero-order valence-corrected chi connectivity index (χ0v) is 17.3. The summed E-state index contributed by atoms with van der Waals surface area (Å²) in [6, 6.07) is 4.54. The molecule has 1 saturated carbocycles. The van der Waals surface area contributed by atoms with E-state index in [1.807, 2.05) is 0 Å². The van der Waals surface area contributed by atoms with Crippen LogP contribution in [0.1, 0.15) is 50.7 Å². The van der Waals surface area contributed by atoms with Gasteiger partial charge in [0.1, 0.15) is 17.9 Å². The highest BCUT2D eigenvalue weighted by Crippen LogP contribution is 2.49. The van der Waals surface area contributed by atoms with Crippen molar-refractivity contribution in [2.75, 3.05) is 24.7 Å². The Hall–Kier alpha value is -2.34. The van der Waals surface area contributed by atoms with Crippen molar-refractivity contribution in [3.05, 3.63) is 29.6 Å². The van der Waals surface area contributed by atoms with Gasteiger partial charge in [0.05, 0.1) is 17.5 Å². The van der Waals surface area contributed by atoms with E-state index in [4.69, 9.17) is 16.2 Å². The zero-order valence-electron chi connectivity index (χ0n) is 17.3. The SMILES string of the molecule is CN(C)c1c(O[C@H]2CC[C@H](N)CC2)ccc2c1CC(C)(C)c1c(N)ncnc1-2. The molecule has 0 bridgehead atoms. The predicted molar refractivity (Wildman–Crippen MR) is 114 cm³/mol. The Bertz CT molecular complexity index is 885. The lowest BCUT2D eigenvalue weighted by atomic mass is 9.71. The number of hydrogen-bond acceptors (Lipinski definition) is 6. The summed E-state index contributed by atoms with van der Waals surface area (Å²) in [4.78, 5) is 11.0. The number of aromatic nitrogens is 2. The summed E-state index contributed by atoms with van der Waals surface area (Å²) in [6.07, 6.45) is 6.76. The van der Waals surface area contributed by atoms with Gasteiger partial charge in [0.25, 0.3) is 0 Å². The fourth-order valence-electron chi connectivity index (χ4n) is 4.79. The lowest BCUT2D eigenvalue weighted by Crippen LogP contribution is -2.32. The number of rotatable bonds is 3. The van der Waals surface area contributed by atoms with Gasteiger partial charge in [-0.3, -0.25) is 0 Å². The first-order valence-electron chi connectivity index (χ1n) is 10.1. The summed E-state index contributed by atoms with van der Waals surface area (Å²) in [5.74, 6) is 1.52. The molecule has 4 rings (SSSR count). The average Bonchev–Trinajstić information content (AvgIpc) is 2.62. The maximum atomic E-state index is 6.49. The second-order valence-corrected chi connectivity index (χ2v) is 9.03. The van der Waals surface area contributed by atoms with Gasteiger partial charge in [0, 0.05) is 31.3 Å². The molecule has 2 aliphatic carbocycles. The molecule has 0 amide bonds. The van der Waals surface area contributed by atoms with Crippen LogP contribution in [-0.2, 0) is 11.8 Å². The van der Waals surface area contributed by atoms with E-state index in [0.29, 0.717) is 11.9 Å². The molecule has 0 saturated heterocycles. The van der Waals surface area contributed by atoms with Gasteiger partial charge in [-0.15, -0.1) is 0 Å². The fourth-order valence-corrected chi connectivity index (χ4v) is 4.79. The Balaban J connectivity index is 1.80. The van der Waals surface area contributed by atoms with Crippen LogP contribution in [0.25, 0.3) is 11.3 Å². The highest BCUT2D eigenvalue weighted by Gasteiger charge is 2.37. The van der Waals surface area contributed by atoms with Crippen molar-refractivity contribution in [3.8, 4) is 17.0 Å². The molecular weight excluding hydrogens is 350 g/mol. The van der Waals surface area contributed by atoms with Gasteiger partial charge in [-0.05, 0) is 55.2 Å². The maximum absolute atomic E-state index is 6.49. The maximum Gasteiger partial charge on any atom is 0.143 e. The molecule has 0 radical (unpaired) electrons. The van der Waals surface area contributed by atoms with E-state index in [1.165, 1.54) is 5.56 Å². The van der Waals surface area contributed by atoms with E-state index < -0.39 is 0 Å². The number of benzene rings is 1. The van der Waals surface area contributed by atoms with Crippen LogP contribution in [0.4, 0.5) is 11.5 Å². The Kier molecular flexibility index (Phi) is 4.70. The first-order chi connectivity index (χ1) is 13.3. The summed E-state index contributed by atoms with van der Waals surface area (Å²) in [6.45, 7) is 4.42. The van der Waals surface area contributed by atoms with Crippen LogP contribution in [0, 0.1) is 0 Å². The number of hydrogen-bond donors (Lipinski definition) is 2. The van der Waals surface area contributed by atoms with E-state index in [2.05, 4.69) is 54.9 Å². The number of nitrogens with two attached hydrogens (primary N) is 2. The summed E-state index contributed by atoms with van der Waals surface area (Å²) in [5.41, 5.74) is 17.7. The summed E-state index contributed by atoms with van der Waals surface area (Å²) < 4.78 is 6.49. The van der Waals surface area contributed by atoms with Crippen LogP contribution in [0.15, 0.2) is 18.5 Å². The molecule has 1 fully saturated rings. The van der Waals surface area contributed by atoms with Crippen molar-refractivity contribution < 1.29 is 4.74 Å². The largest absolute Gasteiger partial charge is 0.488 e. The Labute approximate surface area is 167 Å². The zero-order chi connectivity index (χ0) is 20.1. The number of ether oxygens (including phenoxy) is 1. The minimum absolute atomic E-state index is 0.144. The highest BCUT2D eigenvalue weighted by atomic mass is 16.5. The Morgan fingerprint density at radius 2 is 1.82 bits per heavy atom. The summed E-state index contributed by atoms with van der Waals surface area (Å²) >= 11 is 0. The van der Waals surface area contributed by atoms with Crippen LogP contribution >= 0.6 is 0 Å². The second-order valence-electron chi connectivity index (χ2n) is 9.03. The molecule has 0 atom stereocenters. The van der Waals surface area contributed by atoms with Crippen molar-refractivity contribution in [2.24, 2.45) is 5.73 Å². The van der Waals surface area contributed by atoms with Gasteiger partial charge in [0.15, 0.2) is 0 Å². The average molecular weight is 382 g/mol. The number of nitrogen functional groups attached to an aromatic ring is 1. The van der Waals surface area contributed by atoms with Crippen molar-refractivity contribution in [1.29, 1.82) is 0 Å². The minimum atomic E-state index is -0.144. The third-order valence-electron chi connectivity index (χ3n) is 6.13. The second kappa shape index (κ2) is 6.92. The summed E-state index contributed by atoms with van der Waals surface area (Å²) in [7, 11) is 4.16. The van der Waals surface area contributed by atoms with Gasteiger partial charge in [-0.1, -0.05) is 13.8 Å². The Morgan fingerprint density at radius 1 is 1.11 bits per heavy atom. The van der Waals surface area contributed by atoms with E-state index in [-0.39, 0.29) is 11.5 Å². The van der Waals surface area contributed by atoms with Crippen LogP contribution in [0.5, 0.6) is 5.75 Å². The topological polar surface area (TPSA) is 90.3 Å². The molecule has 2 aromatic rings. The van der Waals surface area contributed by atoms with Gasteiger partial charge in [0.2, 0.25) is 0 Å². The number of fused-ring (bicyclic) bond motifs is 3. The van der Waals surface area contributed by atoms with Crippen molar-refractivity contribution in [1.82, 2.24) is 9.97 Å². The summed E-state index contributed by atoms with van der Waals surface area (Å²) in [5, 5.41) is 0. The molecule has 150 valence electrons. The Morgan fingerprint density at radius 3 is 2.50 bits per heavy atom. The van der Waals surface area contributed by atoms with Gasteiger partial charge < -0.3 is 21.1 Å². The molecule has 0 spiro atoms. The van der Waals surface area contributed by atoms with Crippen molar-refractivity contribution >= 4 is 11.5 Å². The van der Waals surface area contributed by atoms with Crippen LogP contribution in [0.2, 0.25) is 0 Å². The molecule has 1 aromatic heterocycles.